The number of halogens is 1. The van der Waals surface area contributed by atoms with Crippen molar-refractivity contribution in [1.82, 2.24) is 14.5 Å². The van der Waals surface area contributed by atoms with Gasteiger partial charge >= 0.3 is 0 Å². The third kappa shape index (κ3) is 2.67. The highest BCUT2D eigenvalue weighted by Crippen LogP contribution is 2.28. The Balaban J connectivity index is 1.41. The Morgan fingerprint density at radius 2 is 1.89 bits per heavy atom. The van der Waals surface area contributed by atoms with Gasteiger partial charge in [-0.25, -0.2) is 4.39 Å². The first kappa shape index (κ1) is 16.7. The molecule has 0 aliphatic carbocycles. The Labute approximate surface area is 161 Å². The molecule has 4 nitrogen and oxygen atoms in total. The zero-order valence-corrected chi connectivity index (χ0v) is 15.4. The van der Waals surface area contributed by atoms with Crippen molar-refractivity contribution < 1.29 is 9.18 Å². The van der Waals surface area contributed by atoms with Gasteiger partial charge in [-0.2, -0.15) is 0 Å². The van der Waals surface area contributed by atoms with Crippen LogP contribution >= 0.6 is 0 Å². The monoisotopic (exact) mass is 371 g/mol. The van der Waals surface area contributed by atoms with E-state index in [0.717, 1.165) is 27.7 Å². The maximum absolute atomic E-state index is 14.8. The van der Waals surface area contributed by atoms with Gasteiger partial charge in [0.1, 0.15) is 5.82 Å². The smallest absolute Gasteiger partial charge is 0.256 e. The number of aryl methyl sites for hydroxylation is 1. The Morgan fingerprint density at radius 1 is 1.07 bits per heavy atom. The Morgan fingerprint density at radius 3 is 2.71 bits per heavy atom. The molecule has 0 fully saturated rings. The van der Waals surface area contributed by atoms with E-state index in [9.17, 15) is 9.18 Å². The minimum atomic E-state index is -0.303. The topological polar surface area (TPSA) is 38.1 Å². The van der Waals surface area contributed by atoms with Crippen LogP contribution in [0.3, 0.4) is 0 Å². The van der Waals surface area contributed by atoms with E-state index in [2.05, 4.69) is 15.6 Å². The molecule has 0 spiro atoms. The minimum Gasteiger partial charge on any atom is -0.351 e. The summed E-state index contributed by atoms with van der Waals surface area (Å²) >= 11 is 0. The van der Waals surface area contributed by atoms with E-state index in [0.29, 0.717) is 17.7 Å². The normalized spacial score (nSPS) is 13.4. The molecule has 0 saturated heterocycles. The SMILES string of the molecule is Cn1ccc2cc(-c3ccc(CN4Cc5ncccc5C4=O)c(F)c3)ccc21. The molecule has 0 saturated carbocycles. The summed E-state index contributed by atoms with van der Waals surface area (Å²) in [4.78, 5) is 18.4. The number of rotatable bonds is 3. The summed E-state index contributed by atoms with van der Waals surface area (Å²) in [6.45, 7) is 0.653. The Bertz CT molecular complexity index is 1230. The Hall–Kier alpha value is -3.47. The summed E-state index contributed by atoms with van der Waals surface area (Å²) in [5.41, 5.74) is 4.80. The predicted molar refractivity (Wildman–Crippen MR) is 106 cm³/mol. The van der Waals surface area contributed by atoms with Gasteiger partial charge in [0.25, 0.3) is 5.91 Å². The van der Waals surface area contributed by atoms with Gasteiger partial charge in [0.05, 0.1) is 17.8 Å². The Kier molecular flexibility index (Phi) is 3.76. The van der Waals surface area contributed by atoms with Gasteiger partial charge in [0.2, 0.25) is 0 Å². The van der Waals surface area contributed by atoms with E-state index in [-0.39, 0.29) is 18.3 Å². The van der Waals surface area contributed by atoms with Crippen LogP contribution in [-0.4, -0.2) is 20.4 Å². The van der Waals surface area contributed by atoms with Gasteiger partial charge in [-0.1, -0.05) is 18.2 Å². The number of nitrogens with zero attached hydrogens (tertiary/aromatic N) is 3. The lowest BCUT2D eigenvalue weighted by molar-refractivity contribution is 0.0765. The number of pyridine rings is 1. The number of benzene rings is 2. The molecule has 0 N–H and O–H groups in total. The summed E-state index contributed by atoms with van der Waals surface area (Å²) in [6, 6.07) is 16.9. The fourth-order valence-electron chi connectivity index (χ4n) is 3.83. The molecule has 1 aliphatic heterocycles. The number of aromatic nitrogens is 2. The molecule has 2 aromatic heterocycles. The van der Waals surface area contributed by atoms with Gasteiger partial charge in [-0.3, -0.25) is 9.78 Å². The fraction of sp³-hybridized carbons (Fsp3) is 0.130. The first-order chi connectivity index (χ1) is 13.6. The van der Waals surface area contributed by atoms with E-state index in [1.54, 1.807) is 35.4 Å². The van der Waals surface area contributed by atoms with Crippen molar-refractivity contribution in [2.75, 3.05) is 0 Å². The summed E-state index contributed by atoms with van der Waals surface area (Å²) < 4.78 is 16.9. The van der Waals surface area contributed by atoms with Crippen LogP contribution in [0.25, 0.3) is 22.0 Å². The van der Waals surface area contributed by atoms with Crippen molar-refractivity contribution in [3.63, 3.8) is 0 Å². The van der Waals surface area contributed by atoms with Crippen molar-refractivity contribution in [2.24, 2.45) is 7.05 Å². The molecular formula is C23H18FN3O. The summed E-state index contributed by atoms with van der Waals surface area (Å²) in [5, 5.41) is 1.12. The zero-order valence-electron chi connectivity index (χ0n) is 15.4. The van der Waals surface area contributed by atoms with Crippen LogP contribution in [0.1, 0.15) is 21.6 Å². The fourth-order valence-corrected chi connectivity index (χ4v) is 3.83. The molecule has 0 radical (unpaired) electrons. The highest BCUT2D eigenvalue weighted by molar-refractivity contribution is 5.97. The molecule has 1 amide bonds. The van der Waals surface area contributed by atoms with Gasteiger partial charge < -0.3 is 9.47 Å². The lowest BCUT2D eigenvalue weighted by atomic mass is 10.0. The van der Waals surface area contributed by atoms with Crippen LogP contribution in [0.2, 0.25) is 0 Å². The zero-order chi connectivity index (χ0) is 19.3. The highest BCUT2D eigenvalue weighted by atomic mass is 19.1. The van der Waals surface area contributed by atoms with Crippen LogP contribution in [-0.2, 0) is 20.1 Å². The molecule has 5 rings (SSSR count). The lowest BCUT2D eigenvalue weighted by Crippen LogP contribution is -2.23. The van der Waals surface area contributed by atoms with Crippen LogP contribution < -0.4 is 0 Å². The van der Waals surface area contributed by atoms with E-state index >= 15 is 0 Å². The third-order valence-electron chi connectivity index (χ3n) is 5.38. The maximum atomic E-state index is 14.8. The second-order valence-electron chi connectivity index (χ2n) is 7.17. The summed E-state index contributed by atoms with van der Waals surface area (Å²) in [6.07, 6.45) is 3.69. The van der Waals surface area contributed by atoms with E-state index in [4.69, 9.17) is 0 Å². The van der Waals surface area contributed by atoms with E-state index in [1.165, 1.54) is 0 Å². The van der Waals surface area contributed by atoms with Crippen molar-refractivity contribution in [3.8, 4) is 11.1 Å². The molecule has 0 bridgehead atoms. The molecule has 0 unspecified atom stereocenters. The quantitative estimate of drug-likeness (QED) is 0.530. The van der Waals surface area contributed by atoms with E-state index < -0.39 is 0 Å². The molecule has 5 heteroatoms. The van der Waals surface area contributed by atoms with Crippen LogP contribution in [0.5, 0.6) is 0 Å². The molecule has 28 heavy (non-hydrogen) atoms. The average Bonchev–Trinajstić information content (AvgIpc) is 3.23. The molecule has 3 heterocycles. The van der Waals surface area contributed by atoms with Crippen molar-refractivity contribution in [3.05, 3.63) is 89.6 Å². The van der Waals surface area contributed by atoms with Gasteiger partial charge in [-0.05, 0) is 47.5 Å². The average molecular weight is 371 g/mol. The van der Waals surface area contributed by atoms with E-state index in [1.807, 2.05) is 37.5 Å². The number of carbonyl (C=O) groups is 1. The van der Waals surface area contributed by atoms with Crippen molar-refractivity contribution >= 4 is 16.8 Å². The molecular weight excluding hydrogens is 353 g/mol. The van der Waals surface area contributed by atoms with Gasteiger partial charge in [-0.15, -0.1) is 0 Å². The lowest BCUT2D eigenvalue weighted by Gasteiger charge is -2.16. The maximum Gasteiger partial charge on any atom is 0.256 e. The predicted octanol–water partition coefficient (Wildman–Crippen LogP) is 4.54. The van der Waals surface area contributed by atoms with Crippen LogP contribution in [0.4, 0.5) is 4.39 Å². The van der Waals surface area contributed by atoms with Gasteiger partial charge in [0.15, 0.2) is 0 Å². The molecule has 1 aliphatic rings. The number of amides is 1. The number of fused-ring (bicyclic) bond motifs is 2. The van der Waals surface area contributed by atoms with Crippen LogP contribution in [0, 0.1) is 5.82 Å². The number of hydrogen-bond donors (Lipinski definition) is 0. The molecule has 2 aromatic carbocycles. The highest BCUT2D eigenvalue weighted by Gasteiger charge is 2.28. The molecule has 138 valence electrons. The largest absolute Gasteiger partial charge is 0.351 e. The van der Waals surface area contributed by atoms with Crippen LogP contribution in [0.15, 0.2) is 67.0 Å². The van der Waals surface area contributed by atoms with Crippen molar-refractivity contribution in [1.29, 1.82) is 0 Å². The first-order valence-corrected chi connectivity index (χ1v) is 9.17. The second kappa shape index (κ2) is 6.30. The molecule has 4 aromatic rings. The third-order valence-corrected chi connectivity index (χ3v) is 5.38. The van der Waals surface area contributed by atoms with Crippen molar-refractivity contribution in [2.45, 2.75) is 13.1 Å². The minimum absolute atomic E-state index is 0.0962. The van der Waals surface area contributed by atoms with Gasteiger partial charge in [0, 0.05) is 42.5 Å². The first-order valence-electron chi connectivity index (χ1n) is 9.17. The second-order valence-corrected chi connectivity index (χ2v) is 7.17. The molecule has 0 atom stereocenters. The summed E-state index contributed by atoms with van der Waals surface area (Å²) in [7, 11) is 2.00. The standard InChI is InChI=1S/C23H18FN3O/c1-26-10-8-17-11-15(6-7-22(17)26)16-4-5-18(20(24)12-16)13-27-14-21-19(23(27)28)3-2-9-25-21/h2-12H,13-14H2,1H3. The summed E-state index contributed by atoms with van der Waals surface area (Å²) in [5.74, 6) is -0.400. The number of carbonyl (C=O) groups excluding carboxylic acids is 1. The number of hydrogen-bond acceptors (Lipinski definition) is 2.